The monoisotopic (exact) mass is 272 g/mol. The molecule has 0 saturated carbocycles. The molecule has 1 N–H and O–H groups in total. The van der Waals surface area contributed by atoms with Crippen molar-refractivity contribution in [3.05, 3.63) is 57.8 Å². The van der Waals surface area contributed by atoms with Gasteiger partial charge >= 0.3 is 5.97 Å². The number of fused-ring (bicyclic) bond motifs is 2. The molecule has 0 aliphatic carbocycles. The Kier molecular flexibility index (Phi) is 2.53. The summed E-state index contributed by atoms with van der Waals surface area (Å²) in [6.07, 6.45) is 1.49. The maximum absolute atomic E-state index is 13.2. The van der Waals surface area contributed by atoms with Crippen LogP contribution in [0.15, 0.2) is 35.3 Å². The number of aromatic carboxylic acids is 1. The van der Waals surface area contributed by atoms with E-state index in [0.29, 0.717) is 5.56 Å². The molecule has 0 spiro atoms. The molecule has 0 amide bonds. The predicted molar refractivity (Wildman–Crippen MR) is 70.6 cm³/mol. The topological polar surface area (TPSA) is 71.7 Å². The summed E-state index contributed by atoms with van der Waals surface area (Å²) in [6, 6.07) is 5.08. The second-order valence-corrected chi connectivity index (χ2v) is 4.51. The van der Waals surface area contributed by atoms with Crippen molar-refractivity contribution in [2.45, 2.75) is 6.92 Å². The second kappa shape index (κ2) is 4.12. The second-order valence-electron chi connectivity index (χ2n) is 4.51. The van der Waals surface area contributed by atoms with E-state index in [1.165, 1.54) is 24.4 Å². The molecule has 0 saturated heterocycles. The van der Waals surface area contributed by atoms with Gasteiger partial charge in [-0.25, -0.2) is 14.2 Å². The first-order valence-electron chi connectivity index (χ1n) is 5.83. The predicted octanol–water partition coefficient (Wildman–Crippen LogP) is 1.99. The van der Waals surface area contributed by atoms with Gasteiger partial charge < -0.3 is 5.11 Å². The van der Waals surface area contributed by atoms with E-state index in [1.807, 2.05) is 0 Å². The van der Waals surface area contributed by atoms with Crippen molar-refractivity contribution in [3.8, 4) is 0 Å². The van der Waals surface area contributed by atoms with Crippen molar-refractivity contribution in [2.75, 3.05) is 0 Å². The molecule has 0 bridgehead atoms. The molecule has 3 rings (SSSR count). The normalized spacial score (nSPS) is 11.1. The Morgan fingerprint density at radius 3 is 2.80 bits per heavy atom. The van der Waals surface area contributed by atoms with Gasteiger partial charge in [-0.05, 0) is 36.8 Å². The van der Waals surface area contributed by atoms with Gasteiger partial charge in [0, 0.05) is 6.20 Å². The zero-order chi connectivity index (χ0) is 14.4. The quantitative estimate of drug-likeness (QED) is 0.688. The molecule has 0 aliphatic heterocycles. The number of benzene rings is 1. The maximum atomic E-state index is 13.2. The average molecular weight is 272 g/mol. The highest BCUT2D eigenvalue weighted by molar-refractivity contribution is 5.95. The van der Waals surface area contributed by atoms with Crippen LogP contribution in [0.2, 0.25) is 0 Å². The Hall–Kier alpha value is -2.76. The van der Waals surface area contributed by atoms with Gasteiger partial charge in [0.25, 0.3) is 5.56 Å². The minimum absolute atomic E-state index is 0.0483. The number of aromatic nitrogens is 2. The third kappa shape index (κ3) is 1.73. The van der Waals surface area contributed by atoms with Crippen molar-refractivity contribution in [1.29, 1.82) is 0 Å². The fraction of sp³-hybridized carbons (Fsp3) is 0.0714. The molecule has 100 valence electrons. The number of pyridine rings is 1. The standard InChI is InChI=1S/C14H9FN2O3/c1-7-4-10(14(19)20)12-16-11-3-2-8(15)5-9(11)13(18)17(12)6-7/h2-6H,1H3,(H,19,20). The first kappa shape index (κ1) is 12.3. The molecule has 2 aromatic heterocycles. The summed E-state index contributed by atoms with van der Waals surface area (Å²) in [7, 11) is 0. The molecule has 0 aliphatic rings. The molecular weight excluding hydrogens is 263 g/mol. The van der Waals surface area contributed by atoms with Crippen LogP contribution in [-0.2, 0) is 0 Å². The van der Waals surface area contributed by atoms with Crippen molar-refractivity contribution in [3.63, 3.8) is 0 Å². The van der Waals surface area contributed by atoms with E-state index < -0.39 is 17.3 Å². The first-order valence-corrected chi connectivity index (χ1v) is 5.83. The van der Waals surface area contributed by atoms with Crippen LogP contribution in [0.25, 0.3) is 16.6 Å². The zero-order valence-electron chi connectivity index (χ0n) is 10.4. The third-order valence-electron chi connectivity index (χ3n) is 3.04. The number of aryl methyl sites for hydroxylation is 1. The molecule has 6 heteroatoms. The number of carboxylic acid groups (broad SMARTS) is 1. The Balaban J connectivity index is 2.59. The summed E-state index contributed by atoms with van der Waals surface area (Å²) in [5, 5.41) is 9.31. The number of rotatable bonds is 1. The van der Waals surface area contributed by atoms with E-state index >= 15 is 0 Å². The van der Waals surface area contributed by atoms with Gasteiger partial charge in [-0.1, -0.05) is 0 Å². The van der Waals surface area contributed by atoms with Crippen molar-refractivity contribution in [2.24, 2.45) is 0 Å². The summed E-state index contributed by atoms with van der Waals surface area (Å²) < 4.78 is 14.4. The minimum atomic E-state index is -1.17. The van der Waals surface area contributed by atoms with Gasteiger partial charge in [-0.15, -0.1) is 0 Å². The van der Waals surface area contributed by atoms with Crippen LogP contribution in [0.1, 0.15) is 15.9 Å². The number of hydrogen-bond donors (Lipinski definition) is 1. The first-order chi connectivity index (χ1) is 9.47. The van der Waals surface area contributed by atoms with E-state index in [4.69, 9.17) is 0 Å². The van der Waals surface area contributed by atoms with Crippen LogP contribution in [0, 0.1) is 12.7 Å². The lowest BCUT2D eigenvalue weighted by Crippen LogP contribution is -2.18. The van der Waals surface area contributed by atoms with Crippen LogP contribution in [0.3, 0.4) is 0 Å². The Morgan fingerprint density at radius 1 is 1.35 bits per heavy atom. The molecule has 3 aromatic rings. The zero-order valence-corrected chi connectivity index (χ0v) is 10.4. The Morgan fingerprint density at radius 2 is 2.10 bits per heavy atom. The van der Waals surface area contributed by atoms with Crippen LogP contribution in [0.5, 0.6) is 0 Å². The Labute approximate surface area is 111 Å². The molecule has 20 heavy (non-hydrogen) atoms. The molecule has 0 atom stereocenters. The Bertz CT molecular complexity index is 931. The van der Waals surface area contributed by atoms with Crippen molar-refractivity contribution in [1.82, 2.24) is 9.38 Å². The van der Waals surface area contributed by atoms with Gasteiger partial charge in [0.2, 0.25) is 0 Å². The van der Waals surface area contributed by atoms with Gasteiger partial charge in [-0.3, -0.25) is 9.20 Å². The maximum Gasteiger partial charge on any atom is 0.339 e. The summed E-state index contributed by atoms with van der Waals surface area (Å²) in [5.74, 6) is -1.71. The van der Waals surface area contributed by atoms with Crippen LogP contribution in [0.4, 0.5) is 4.39 Å². The number of halogens is 1. The van der Waals surface area contributed by atoms with Crippen LogP contribution < -0.4 is 5.56 Å². The molecule has 1 aromatic carbocycles. The summed E-state index contributed by atoms with van der Waals surface area (Å²) in [5.41, 5.74) is 0.369. The van der Waals surface area contributed by atoms with Gasteiger partial charge in [0.05, 0.1) is 10.9 Å². The molecule has 2 heterocycles. The number of hydrogen-bond acceptors (Lipinski definition) is 3. The van der Waals surface area contributed by atoms with Gasteiger partial charge in [-0.2, -0.15) is 0 Å². The van der Waals surface area contributed by atoms with Gasteiger partial charge in [0.15, 0.2) is 5.65 Å². The van der Waals surface area contributed by atoms with Crippen molar-refractivity contribution < 1.29 is 14.3 Å². The molecular formula is C14H9FN2O3. The van der Waals surface area contributed by atoms with E-state index in [-0.39, 0.29) is 22.1 Å². The lowest BCUT2D eigenvalue weighted by molar-refractivity contribution is 0.0698. The largest absolute Gasteiger partial charge is 0.478 e. The van der Waals surface area contributed by atoms with E-state index in [1.54, 1.807) is 6.92 Å². The molecule has 5 nitrogen and oxygen atoms in total. The number of carboxylic acids is 1. The fourth-order valence-corrected chi connectivity index (χ4v) is 2.17. The lowest BCUT2D eigenvalue weighted by atomic mass is 10.2. The average Bonchev–Trinajstić information content (AvgIpc) is 2.40. The van der Waals surface area contributed by atoms with Gasteiger partial charge in [0.1, 0.15) is 11.4 Å². The molecule has 0 fully saturated rings. The highest BCUT2D eigenvalue weighted by Gasteiger charge is 2.14. The van der Waals surface area contributed by atoms with Crippen LogP contribution >= 0.6 is 0 Å². The highest BCUT2D eigenvalue weighted by atomic mass is 19.1. The number of nitrogens with zero attached hydrogens (tertiary/aromatic N) is 2. The van der Waals surface area contributed by atoms with Crippen molar-refractivity contribution >= 4 is 22.5 Å². The van der Waals surface area contributed by atoms with E-state index in [0.717, 1.165) is 10.5 Å². The third-order valence-corrected chi connectivity index (χ3v) is 3.04. The fourth-order valence-electron chi connectivity index (χ4n) is 2.17. The number of carbonyl (C=O) groups is 1. The molecule has 0 radical (unpaired) electrons. The lowest BCUT2D eigenvalue weighted by Gasteiger charge is -2.07. The highest BCUT2D eigenvalue weighted by Crippen LogP contribution is 2.15. The summed E-state index contributed by atoms with van der Waals surface area (Å²) in [4.78, 5) is 27.7. The van der Waals surface area contributed by atoms with E-state index in [2.05, 4.69) is 4.98 Å². The summed E-state index contributed by atoms with van der Waals surface area (Å²) in [6.45, 7) is 1.67. The van der Waals surface area contributed by atoms with E-state index in [9.17, 15) is 19.1 Å². The smallest absolute Gasteiger partial charge is 0.339 e. The minimum Gasteiger partial charge on any atom is -0.478 e. The molecule has 0 unspecified atom stereocenters. The van der Waals surface area contributed by atoms with Crippen LogP contribution in [-0.4, -0.2) is 20.5 Å². The summed E-state index contributed by atoms with van der Waals surface area (Å²) >= 11 is 0. The SMILES string of the molecule is Cc1cc(C(=O)O)c2nc3ccc(F)cc3c(=O)n2c1.